The Bertz CT molecular complexity index is 1530. The lowest BCUT2D eigenvalue weighted by Gasteiger charge is -2.32. The second-order valence-electron chi connectivity index (χ2n) is 9.68. The zero-order valence-corrected chi connectivity index (χ0v) is 21.2. The molecule has 2 aromatic heterocycles. The summed E-state index contributed by atoms with van der Waals surface area (Å²) >= 11 is 0. The third kappa shape index (κ3) is 4.50. The number of carbonyl (C=O) groups is 1. The number of benzene rings is 3. The number of nitrogens with one attached hydrogen (secondary N) is 2. The van der Waals surface area contributed by atoms with Crippen LogP contribution in [0, 0.1) is 0 Å². The minimum atomic E-state index is -0.871. The number of rotatable bonds is 8. The lowest BCUT2D eigenvalue weighted by Crippen LogP contribution is -2.33. The highest BCUT2D eigenvalue weighted by atomic mass is 16.5. The van der Waals surface area contributed by atoms with E-state index in [1.165, 1.54) is 0 Å². The summed E-state index contributed by atoms with van der Waals surface area (Å²) in [5, 5.41) is 0. The average molecular weight is 504 g/mol. The molecule has 0 amide bonds. The zero-order valence-electron chi connectivity index (χ0n) is 21.2. The highest BCUT2D eigenvalue weighted by molar-refractivity contribution is 5.99. The number of aromatic amines is 2. The molecular formula is C32H29N3O3. The van der Waals surface area contributed by atoms with Gasteiger partial charge in [-0.25, -0.2) is 4.98 Å². The molecule has 1 atom stereocenters. The van der Waals surface area contributed by atoms with Gasteiger partial charge in [-0.15, -0.1) is 0 Å². The molecule has 0 fully saturated rings. The van der Waals surface area contributed by atoms with E-state index in [9.17, 15) is 4.79 Å². The molecule has 3 aromatic carbocycles. The molecule has 0 radical (unpaired) electrons. The zero-order chi connectivity index (χ0) is 26.0. The van der Waals surface area contributed by atoms with Gasteiger partial charge in [-0.2, -0.15) is 0 Å². The number of hydrogen-bond acceptors (Lipinski definition) is 4. The molecule has 0 unspecified atom stereocenters. The van der Waals surface area contributed by atoms with Gasteiger partial charge in [0.05, 0.1) is 0 Å². The van der Waals surface area contributed by atoms with Crippen LogP contribution in [0.2, 0.25) is 0 Å². The number of fused-ring (bicyclic) bond motifs is 1. The number of imidazole rings is 1. The van der Waals surface area contributed by atoms with Crippen molar-refractivity contribution < 1.29 is 14.3 Å². The fraction of sp³-hybridized carbons (Fsp3) is 0.188. The van der Waals surface area contributed by atoms with Crippen LogP contribution in [0.1, 0.15) is 52.6 Å². The van der Waals surface area contributed by atoms with E-state index in [-0.39, 0.29) is 12.4 Å². The van der Waals surface area contributed by atoms with Gasteiger partial charge in [-0.1, -0.05) is 30.3 Å². The summed E-state index contributed by atoms with van der Waals surface area (Å²) in [6, 6.07) is 25.9. The second-order valence-corrected chi connectivity index (χ2v) is 9.68. The molecule has 1 aliphatic rings. The maximum Gasteiger partial charge on any atom is 0.188 e. The molecule has 2 heterocycles. The van der Waals surface area contributed by atoms with Gasteiger partial charge in [0.2, 0.25) is 0 Å². The van der Waals surface area contributed by atoms with Crippen molar-refractivity contribution in [1.29, 1.82) is 0 Å². The normalized spacial score (nSPS) is 14.5. The van der Waals surface area contributed by atoms with Crippen molar-refractivity contribution in [1.82, 2.24) is 15.0 Å². The fourth-order valence-electron chi connectivity index (χ4n) is 5.17. The van der Waals surface area contributed by atoms with E-state index in [4.69, 9.17) is 9.47 Å². The Morgan fingerprint density at radius 2 is 1.74 bits per heavy atom. The minimum Gasteiger partial charge on any atom is -0.489 e. The quantitative estimate of drug-likeness (QED) is 0.243. The van der Waals surface area contributed by atoms with E-state index in [1.54, 1.807) is 12.4 Å². The summed E-state index contributed by atoms with van der Waals surface area (Å²) in [5.74, 6) is 2.31. The van der Waals surface area contributed by atoms with Gasteiger partial charge in [0.15, 0.2) is 17.2 Å². The topological polar surface area (TPSA) is 80.0 Å². The number of carbonyl (C=O) groups excluding carboxylic acids is 1. The first-order chi connectivity index (χ1) is 18.6. The van der Waals surface area contributed by atoms with Crippen LogP contribution >= 0.6 is 0 Å². The van der Waals surface area contributed by atoms with Crippen molar-refractivity contribution in [2.45, 2.75) is 38.4 Å². The monoisotopic (exact) mass is 503 g/mol. The highest BCUT2D eigenvalue weighted by Gasteiger charge is 2.35. The second kappa shape index (κ2) is 10.1. The van der Waals surface area contributed by atoms with Crippen molar-refractivity contribution in [2.75, 3.05) is 0 Å². The highest BCUT2D eigenvalue weighted by Crippen LogP contribution is 2.38. The van der Waals surface area contributed by atoms with Crippen LogP contribution in [0.4, 0.5) is 0 Å². The van der Waals surface area contributed by atoms with Crippen LogP contribution in [0.5, 0.6) is 11.5 Å². The van der Waals surface area contributed by atoms with Crippen molar-refractivity contribution in [3.63, 3.8) is 0 Å². The van der Waals surface area contributed by atoms with Gasteiger partial charge >= 0.3 is 0 Å². The largest absolute Gasteiger partial charge is 0.489 e. The number of H-pyrrole nitrogens is 2. The molecule has 2 N–H and O–H groups in total. The lowest BCUT2D eigenvalue weighted by atomic mass is 9.86. The van der Waals surface area contributed by atoms with Crippen LogP contribution in [0.3, 0.4) is 0 Å². The fourth-order valence-corrected chi connectivity index (χ4v) is 5.17. The number of ether oxygens (including phenoxy) is 2. The molecule has 6 heteroatoms. The van der Waals surface area contributed by atoms with Crippen molar-refractivity contribution in [2.24, 2.45) is 0 Å². The van der Waals surface area contributed by atoms with Gasteiger partial charge in [0, 0.05) is 47.4 Å². The van der Waals surface area contributed by atoms with Gasteiger partial charge in [0.25, 0.3) is 0 Å². The van der Waals surface area contributed by atoms with Crippen LogP contribution in [0.25, 0.3) is 11.3 Å². The van der Waals surface area contributed by atoms with E-state index in [0.717, 1.165) is 52.1 Å². The van der Waals surface area contributed by atoms with Crippen molar-refractivity contribution >= 4 is 5.78 Å². The van der Waals surface area contributed by atoms with Gasteiger partial charge in [0.1, 0.15) is 18.1 Å². The number of nitrogens with zero attached hydrogens (tertiary/aromatic N) is 1. The Morgan fingerprint density at radius 1 is 0.895 bits per heavy atom. The molecule has 6 nitrogen and oxygen atoms in total. The Morgan fingerprint density at radius 3 is 2.47 bits per heavy atom. The molecule has 0 aliphatic heterocycles. The van der Waals surface area contributed by atoms with E-state index < -0.39 is 5.60 Å². The summed E-state index contributed by atoms with van der Waals surface area (Å²) in [4.78, 5) is 23.8. The van der Waals surface area contributed by atoms with Gasteiger partial charge < -0.3 is 19.4 Å². The first-order valence-corrected chi connectivity index (χ1v) is 12.9. The Hall–Kier alpha value is -4.58. The third-order valence-electron chi connectivity index (χ3n) is 7.25. The molecule has 0 spiro atoms. The first kappa shape index (κ1) is 23.8. The molecule has 5 aromatic rings. The summed E-state index contributed by atoms with van der Waals surface area (Å²) in [5.41, 5.74) is 4.92. The van der Waals surface area contributed by atoms with E-state index in [2.05, 4.69) is 15.0 Å². The third-order valence-corrected chi connectivity index (χ3v) is 7.25. The van der Waals surface area contributed by atoms with E-state index in [0.29, 0.717) is 18.0 Å². The molecule has 0 saturated carbocycles. The van der Waals surface area contributed by atoms with Crippen LogP contribution in [0.15, 0.2) is 97.5 Å². The predicted molar refractivity (Wildman–Crippen MR) is 146 cm³/mol. The summed E-state index contributed by atoms with van der Waals surface area (Å²) in [6.45, 7) is 2.30. The Labute approximate surface area is 221 Å². The summed E-state index contributed by atoms with van der Waals surface area (Å²) in [6.07, 6.45) is 7.64. The van der Waals surface area contributed by atoms with Gasteiger partial charge in [-0.05, 0) is 79.4 Å². The first-order valence-electron chi connectivity index (χ1n) is 12.9. The molecular weight excluding hydrogens is 474 g/mol. The van der Waals surface area contributed by atoms with E-state index >= 15 is 0 Å². The standard InChI is InChI=1S/C32H29N3O3/c1-32(31-34-19-20-35-31,23-7-3-2-4-8-23)38-30-17-16-26-25(9-5-11-29(26)36)27(30)21-37-24-14-12-22(13-15-24)28-10-6-18-33-28/h2-4,6-8,10,12-20,33H,5,9,11,21H2,1H3,(H,34,35)/t32-/m0/s1. The number of aromatic nitrogens is 3. The molecule has 1 aliphatic carbocycles. The molecule has 0 bridgehead atoms. The smallest absolute Gasteiger partial charge is 0.188 e. The average Bonchev–Trinajstić information content (AvgIpc) is 3.69. The molecule has 190 valence electrons. The van der Waals surface area contributed by atoms with Gasteiger partial charge in [-0.3, -0.25) is 4.79 Å². The van der Waals surface area contributed by atoms with Crippen molar-refractivity contribution in [3.05, 3.63) is 126 Å². The number of ketones is 1. The van der Waals surface area contributed by atoms with Crippen molar-refractivity contribution in [3.8, 4) is 22.8 Å². The molecule has 38 heavy (non-hydrogen) atoms. The number of hydrogen-bond donors (Lipinski definition) is 2. The maximum absolute atomic E-state index is 12.8. The maximum atomic E-state index is 12.8. The molecule has 6 rings (SSSR count). The van der Waals surface area contributed by atoms with E-state index in [1.807, 2.05) is 92.0 Å². The Balaban J connectivity index is 1.36. The Kier molecular flexibility index (Phi) is 6.30. The number of Topliss-reactive ketones (excluding diaryl/α,β-unsaturated/α-hetero) is 1. The molecule has 0 saturated heterocycles. The summed E-state index contributed by atoms with van der Waals surface area (Å²) < 4.78 is 13.1. The predicted octanol–water partition coefficient (Wildman–Crippen LogP) is 6.85. The van der Waals surface area contributed by atoms with Crippen LogP contribution in [-0.4, -0.2) is 20.7 Å². The SMILES string of the molecule is C[C@](Oc1ccc2c(c1COc1ccc(-c3ccc[nH]3)cc1)CCCC2=O)(c1ccccc1)c1ncc[nH]1. The van der Waals surface area contributed by atoms with Crippen LogP contribution in [-0.2, 0) is 18.6 Å². The summed E-state index contributed by atoms with van der Waals surface area (Å²) in [7, 11) is 0. The minimum absolute atomic E-state index is 0.172. The van der Waals surface area contributed by atoms with Crippen LogP contribution < -0.4 is 9.47 Å². The lowest BCUT2D eigenvalue weighted by molar-refractivity contribution is 0.0970.